The van der Waals surface area contributed by atoms with E-state index in [0.717, 1.165) is 12.2 Å². The molecule has 0 bridgehead atoms. The van der Waals surface area contributed by atoms with E-state index in [2.05, 4.69) is 16.9 Å². The van der Waals surface area contributed by atoms with Crippen LogP contribution in [0, 0.1) is 0 Å². The van der Waals surface area contributed by atoms with Gasteiger partial charge < -0.3 is 9.47 Å². The Hall–Kier alpha value is -1.51. The van der Waals surface area contributed by atoms with Gasteiger partial charge in [0.15, 0.2) is 0 Å². The molecule has 0 fully saturated rings. The van der Waals surface area contributed by atoms with Crippen LogP contribution in [-0.2, 0) is 22.4 Å². The average Bonchev–Trinajstić information content (AvgIpc) is 2.43. The standard InChI is InChI=1S/C15H20O3/c1-17-15(16)7-4-10-18-14-9-8-12-5-2-3-6-13(12)11-14/h8-9,11H,2-7,10H2,1H3. The minimum atomic E-state index is -0.177. The van der Waals surface area contributed by atoms with Crippen LogP contribution in [0.3, 0.4) is 0 Å². The van der Waals surface area contributed by atoms with E-state index in [1.165, 1.54) is 37.5 Å². The number of benzene rings is 1. The Balaban J connectivity index is 1.81. The number of aryl methyl sites for hydroxylation is 2. The highest BCUT2D eigenvalue weighted by atomic mass is 16.5. The highest BCUT2D eigenvalue weighted by Crippen LogP contribution is 2.25. The minimum Gasteiger partial charge on any atom is -0.494 e. The Labute approximate surface area is 108 Å². The van der Waals surface area contributed by atoms with E-state index in [1.807, 2.05) is 6.07 Å². The molecule has 1 aliphatic rings. The van der Waals surface area contributed by atoms with Gasteiger partial charge in [-0.3, -0.25) is 4.79 Å². The van der Waals surface area contributed by atoms with Crippen LogP contribution < -0.4 is 4.74 Å². The number of fused-ring (bicyclic) bond motifs is 1. The molecule has 3 heteroatoms. The van der Waals surface area contributed by atoms with Crippen LogP contribution in [0.15, 0.2) is 18.2 Å². The topological polar surface area (TPSA) is 35.5 Å². The molecule has 1 aliphatic carbocycles. The molecule has 0 N–H and O–H groups in total. The molecule has 0 atom stereocenters. The lowest BCUT2D eigenvalue weighted by molar-refractivity contribution is -0.140. The van der Waals surface area contributed by atoms with Gasteiger partial charge in [-0.25, -0.2) is 0 Å². The number of carbonyl (C=O) groups excluding carboxylic acids is 1. The molecule has 3 nitrogen and oxygen atoms in total. The second kappa shape index (κ2) is 6.43. The van der Waals surface area contributed by atoms with Crippen molar-refractivity contribution < 1.29 is 14.3 Å². The number of esters is 1. The Morgan fingerprint density at radius 1 is 1.22 bits per heavy atom. The Bertz CT molecular complexity index is 412. The lowest BCUT2D eigenvalue weighted by atomic mass is 9.92. The fourth-order valence-corrected chi connectivity index (χ4v) is 2.31. The molecule has 98 valence electrons. The van der Waals surface area contributed by atoms with E-state index in [9.17, 15) is 4.79 Å². The summed E-state index contributed by atoms with van der Waals surface area (Å²) in [5.41, 5.74) is 2.88. The van der Waals surface area contributed by atoms with Gasteiger partial charge in [0.2, 0.25) is 0 Å². The lowest BCUT2D eigenvalue weighted by Gasteiger charge is -2.16. The molecule has 0 unspecified atom stereocenters. The van der Waals surface area contributed by atoms with Crippen LogP contribution in [0.25, 0.3) is 0 Å². The van der Waals surface area contributed by atoms with Crippen LogP contribution in [0.2, 0.25) is 0 Å². The molecule has 2 rings (SSSR count). The van der Waals surface area contributed by atoms with E-state index < -0.39 is 0 Å². The van der Waals surface area contributed by atoms with Gasteiger partial charge in [-0.05, 0) is 55.4 Å². The summed E-state index contributed by atoms with van der Waals surface area (Å²) in [5.74, 6) is 0.740. The van der Waals surface area contributed by atoms with Gasteiger partial charge in [0.05, 0.1) is 13.7 Å². The van der Waals surface area contributed by atoms with Crippen molar-refractivity contribution in [2.24, 2.45) is 0 Å². The van der Waals surface area contributed by atoms with Crippen molar-refractivity contribution in [2.75, 3.05) is 13.7 Å². The molecule has 18 heavy (non-hydrogen) atoms. The molecular weight excluding hydrogens is 228 g/mol. The maximum atomic E-state index is 10.9. The Morgan fingerprint density at radius 2 is 2.00 bits per heavy atom. The van der Waals surface area contributed by atoms with Gasteiger partial charge >= 0.3 is 5.97 Å². The number of ether oxygens (including phenoxy) is 2. The fourth-order valence-electron chi connectivity index (χ4n) is 2.31. The molecule has 0 spiro atoms. The summed E-state index contributed by atoms with van der Waals surface area (Å²) in [6, 6.07) is 6.35. The van der Waals surface area contributed by atoms with Crippen LogP contribution in [0.1, 0.15) is 36.8 Å². The van der Waals surface area contributed by atoms with Crippen molar-refractivity contribution in [1.82, 2.24) is 0 Å². The van der Waals surface area contributed by atoms with Crippen molar-refractivity contribution in [1.29, 1.82) is 0 Å². The van der Waals surface area contributed by atoms with E-state index in [1.54, 1.807) is 0 Å². The lowest BCUT2D eigenvalue weighted by Crippen LogP contribution is -2.06. The van der Waals surface area contributed by atoms with Crippen molar-refractivity contribution in [3.63, 3.8) is 0 Å². The smallest absolute Gasteiger partial charge is 0.305 e. The second-order valence-electron chi connectivity index (χ2n) is 4.67. The number of carbonyl (C=O) groups is 1. The first-order chi connectivity index (χ1) is 8.79. The van der Waals surface area contributed by atoms with E-state index >= 15 is 0 Å². The van der Waals surface area contributed by atoms with Gasteiger partial charge in [0.25, 0.3) is 0 Å². The van der Waals surface area contributed by atoms with Crippen molar-refractivity contribution in [2.45, 2.75) is 38.5 Å². The summed E-state index contributed by atoms with van der Waals surface area (Å²) in [5, 5.41) is 0. The highest BCUT2D eigenvalue weighted by molar-refractivity contribution is 5.69. The van der Waals surface area contributed by atoms with E-state index in [-0.39, 0.29) is 5.97 Å². The maximum absolute atomic E-state index is 10.9. The van der Waals surface area contributed by atoms with Gasteiger partial charge in [-0.1, -0.05) is 6.07 Å². The summed E-state index contributed by atoms with van der Waals surface area (Å²) in [4.78, 5) is 10.9. The molecule has 0 aliphatic heterocycles. The summed E-state index contributed by atoms with van der Waals surface area (Å²) in [7, 11) is 1.41. The second-order valence-corrected chi connectivity index (χ2v) is 4.67. The molecule has 0 saturated heterocycles. The third-order valence-corrected chi connectivity index (χ3v) is 3.34. The minimum absolute atomic E-state index is 0.177. The third-order valence-electron chi connectivity index (χ3n) is 3.34. The maximum Gasteiger partial charge on any atom is 0.305 e. The largest absolute Gasteiger partial charge is 0.494 e. The van der Waals surface area contributed by atoms with Crippen LogP contribution >= 0.6 is 0 Å². The SMILES string of the molecule is COC(=O)CCCOc1ccc2c(c1)CCCC2. The van der Waals surface area contributed by atoms with Crippen molar-refractivity contribution in [3.8, 4) is 5.75 Å². The number of hydrogen-bond donors (Lipinski definition) is 0. The zero-order chi connectivity index (χ0) is 12.8. The third kappa shape index (κ3) is 3.49. The van der Waals surface area contributed by atoms with Crippen LogP contribution in [0.4, 0.5) is 0 Å². The number of rotatable bonds is 5. The quantitative estimate of drug-likeness (QED) is 0.593. The first kappa shape index (κ1) is 12.9. The van der Waals surface area contributed by atoms with Crippen LogP contribution in [-0.4, -0.2) is 19.7 Å². The van der Waals surface area contributed by atoms with Crippen LogP contribution in [0.5, 0.6) is 5.75 Å². The summed E-state index contributed by atoms with van der Waals surface area (Å²) in [6.07, 6.45) is 6.04. The first-order valence-electron chi connectivity index (χ1n) is 6.61. The zero-order valence-electron chi connectivity index (χ0n) is 10.9. The van der Waals surface area contributed by atoms with Crippen molar-refractivity contribution >= 4 is 5.97 Å². The molecule has 0 saturated carbocycles. The predicted molar refractivity (Wildman–Crippen MR) is 69.8 cm³/mol. The molecule has 1 aromatic carbocycles. The van der Waals surface area contributed by atoms with Gasteiger partial charge in [-0.2, -0.15) is 0 Å². The van der Waals surface area contributed by atoms with Gasteiger partial charge in [-0.15, -0.1) is 0 Å². The molecule has 0 aromatic heterocycles. The fraction of sp³-hybridized carbons (Fsp3) is 0.533. The molecular formula is C15H20O3. The molecule has 0 amide bonds. The summed E-state index contributed by atoms with van der Waals surface area (Å²) in [6.45, 7) is 0.563. The monoisotopic (exact) mass is 248 g/mol. The zero-order valence-corrected chi connectivity index (χ0v) is 10.9. The Kier molecular flexibility index (Phi) is 4.62. The number of hydrogen-bond acceptors (Lipinski definition) is 3. The normalized spacial score (nSPS) is 13.8. The van der Waals surface area contributed by atoms with E-state index in [4.69, 9.17) is 4.74 Å². The number of methoxy groups -OCH3 is 1. The van der Waals surface area contributed by atoms with Crippen molar-refractivity contribution in [3.05, 3.63) is 29.3 Å². The average molecular weight is 248 g/mol. The van der Waals surface area contributed by atoms with Gasteiger partial charge in [0, 0.05) is 6.42 Å². The molecule has 0 radical (unpaired) electrons. The molecule has 0 heterocycles. The van der Waals surface area contributed by atoms with Gasteiger partial charge in [0.1, 0.15) is 5.75 Å². The van der Waals surface area contributed by atoms with E-state index in [0.29, 0.717) is 19.4 Å². The highest BCUT2D eigenvalue weighted by Gasteiger charge is 2.09. The summed E-state index contributed by atoms with van der Waals surface area (Å²) < 4.78 is 10.2. The predicted octanol–water partition coefficient (Wildman–Crippen LogP) is 2.90. The molecule has 1 aromatic rings. The first-order valence-corrected chi connectivity index (χ1v) is 6.61. The Morgan fingerprint density at radius 3 is 2.78 bits per heavy atom. The summed E-state index contributed by atoms with van der Waals surface area (Å²) >= 11 is 0.